The summed E-state index contributed by atoms with van der Waals surface area (Å²) < 4.78 is 11.5. The van der Waals surface area contributed by atoms with Crippen molar-refractivity contribution in [1.82, 2.24) is 20.5 Å². The molecule has 0 aliphatic rings. The van der Waals surface area contributed by atoms with Crippen molar-refractivity contribution in [1.29, 1.82) is 0 Å². The van der Waals surface area contributed by atoms with Gasteiger partial charge in [0, 0.05) is 19.3 Å². The van der Waals surface area contributed by atoms with Crippen molar-refractivity contribution in [2.75, 3.05) is 39.9 Å². The van der Waals surface area contributed by atoms with Crippen molar-refractivity contribution in [3.8, 4) is 11.5 Å². The average molecular weight is 414 g/mol. The molecule has 1 aromatic carbocycles. The van der Waals surface area contributed by atoms with E-state index < -0.39 is 0 Å². The Kier molecular flexibility index (Phi) is 10.5. The van der Waals surface area contributed by atoms with Gasteiger partial charge in [0.1, 0.15) is 6.61 Å². The van der Waals surface area contributed by atoms with Crippen LogP contribution in [-0.2, 0) is 13.1 Å². The number of rotatable bonds is 12. The molecule has 2 aromatic rings. The largest absolute Gasteiger partial charge is 0.493 e. The van der Waals surface area contributed by atoms with Crippen molar-refractivity contribution < 1.29 is 9.47 Å². The summed E-state index contributed by atoms with van der Waals surface area (Å²) in [5.41, 5.74) is 2.02. The van der Waals surface area contributed by atoms with Gasteiger partial charge in [0.05, 0.1) is 25.9 Å². The van der Waals surface area contributed by atoms with Gasteiger partial charge in [-0.25, -0.2) is 4.99 Å². The second-order valence-corrected chi connectivity index (χ2v) is 6.73. The number of hydrogen-bond donors (Lipinski definition) is 2. The fourth-order valence-electron chi connectivity index (χ4n) is 2.94. The van der Waals surface area contributed by atoms with E-state index in [0.717, 1.165) is 54.9 Å². The highest BCUT2D eigenvalue weighted by Gasteiger charge is 2.07. The lowest BCUT2D eigenvalue weighted by Crippen LogP contribution is -2.37. The Balaban J connectivity index is 1.96. The molecule has 0 spiro atoms. The quantitative estimate of drug-likeness (QED) is 0.412. The summed E-state index contributed by atoms with van der Waals surface area (Å²) >= 11 is 0. The van der Waals surface area contributed by atoms with E-state index in [9.17, 15) is 0 Å². The van der Waals surface area contributed by atoms with Gasteiger partial charge in [-0.1, -0.05) is 26.0 Å². The molecule has 0 atom stereocenters. The van der Waals surface area contributed by atoms with E-state index in [1.165, 1.54) is 0 Å². The molecule has 0 bridgehead atoms. The van der Waals surface area contributed by atoms with Gasteiger partial charge < -0.3 is 25.0 Å². The normalized spacial score (nSPS) is 11.4. The maximum absolute atomic E-state index is 5.93. The Bertz CT molecular complexity index is 763. The van der Waals surface area contributed by atoms with Crippen LogP contribution in [0.2, 0.25) is 0 Å². The zero-order valence-corrected chi connectivity index (χ0v) is 18.6. The molecule has 1 heterocycles. The van der Waals surface area contributed by atoms with E-state index >= 15 is 0 Å². The smallest absolute Gasteiger partial charge is 0.191 e. The zero-order chi connectivity index (χ0) is 21.6. The number of aliphatic imine (C=N–C) groups is 1. The number of benzene rings is 1. The predicted molar refractivity (Wildman–Crippen MR) is 122 cm³/mol. The molecule has 0 fully saturated rings. The molecule has 0 aliphatic carbocycles. The van der Waals surface area contributed by atoms with Gasteiger partial charge in [-0.2, -0.15) is 0 Å². The van der Waals surface area contributed by atoms with E-state index in [2.05, 4.69) is 39.4 Å². The molecule has 7 nitrogen and oxygen atoms in total. The first kappa shape index (κ1) is 23.5. The van der Waals surface area contributed by atoms with Gasteiger partial charge >= 0.3 is 0 Å². The maximum Gasteiger partial charge on any atom is 0.191 e. The van der Waals surface area contributed by atoms with Crippen LogP contribution in [0.4, 0.5) is 0 Å². The molecule has 2 rings (SSSR count). The Labute approximate surface area is 180 Å². The number of aromatic nitrogens is 1. The lowest BCUT2D eigenvalue weighted by Gasteiger charge is -2.19. The maximum atomic E-state index is 5.93. The lowest BCUT2D eigenvalue weighted by atomic mass is 10.2. The van der Waals surface area contributed by atoms with Crippen LogP contribution in [0.15, 0.2) is 47.6 Å². The molecule has 1 aromatic heterocycles. The van der Waals surface area contributed by atoms with Crippen molar-refractivity contribution >= 4 is 5.96 Å². The van der Waals surface area contributed by atoms with Gasteiger partial charge in [0.2, 0.25) is 0 Å². The van der Waals surface area contributed by atoms with Gasteiger partial charge in [-0.15, -0.1) is 0 Å². The molecule has 0 unspecified atom stereocenters. The number of pyridine rings is 1. The van der Waals surface area contributed by atoms with E-state index in [0.29, 0.717) is 19.7 Å². The van der Waals surface area contributed by atoms with E-state index in [1.807, 2.05) is 43.3 Å². The van der Waals surface area contributed by atoms with Gasteiger partial charge in [0.15, 0.2) is 17.5 Å². The SMILES string of the molecule is CCNC(=NCc1ccc(OCCN(CC)CC)c(OC)c1)NCc1ccccn1. The molecular weight excluding hydrogens is 378 g/mol. The topological polar surface area (TPSA) is 71.0 Å². The molecule has 7 heteroatoms. The average Bonchev–Trinajstić information content (AvgIpc) is 2.79. The lowest BCUT2D eigenvalue weighted by molar-refractivity contribution is 0.217. The number of nitrogens with one attached hydrogen (secondary N) is 2. The summed E-state index contributed by atoms with van der Waals surface area (Å²) in [6.07, 6.45) is 1.79. The summed E-state index contributed by atoms with van der Waals surface area (Å²) in [6, 6.07) is 11.8. The first-order chi connectivity index (χ1) is 14.7. The number of nitrogens with zero attached hydrogens (tertiary/aromatic N) is 3. The highest BCUT2D eigenvalue weighted by molar-refractivity contribution is 5.79. The standard InChI is InChI=1S/C23H35N5O2/c1-5-24-23(27-18-20-10-8-9-13-25-20)26-17-19-11-12-21(22(16-19)29-4)30-15-14-28(6-2)7-3/h8-13,16H,5-7,14-15,17-18H2,1-4H3,(H2,24,26,27). The molecule has 0 radical (unpaired) electrons. The van der Waals surface area contributed by atoms with Crippen LogP contribution < -0.4 is 20.1 Å². The molecule has 0 saturated carbocycles. The summed E-state index contributed by atoms with van der Waals surface area (Å²) in [5, 5.41) is 6.58. The fourth-order valence-corrected chi connectivity index (χ4v) is 2.94. The minimum absolute atomic E-state index is 0.535. The van der Waals surface area contributed by atoms with Crippen LogP contribution in [0.3, 0.4) is 0 Å². The van der Waals surface area contributed by atoms with Crippen LogP contribution in [0.5, 0.6) is 11.5 Å². The highest BCUT2D eigenvalue weighted by atomic mass is 16.5. The van der Waals surface area contributed by atoms with E-state index in [-0.39, 0.29) is 0 Å². The van der Waals surface area contributed by atoms with Crippen LogP contribution in [-0.4, -0.2) is 55.7 Å². The minimum atomic E-state index is 0.535. The molecule has 30 heavy (non-hydrogen) atoms. The number of guanidine groups is 1. The highest BCUT2D eigenvalue weighted by Crippen LogP contribution is 2.28. The van der Waals surface area contributed by atoms with Crippen molar-refractivity contribution in [2.45, 2.75) is 33.9 Å². The second-order valence-electron chi connectivity index (χ2n) is 6.73. The van der Waals surface area contributed by atoms with Crippen molar-refractivity contribution in [3.05, 3.63) is 53.9 Å². The summed E-state index contributed by atoms with van der Waals surface area (Å²) in [7, 11) is 1.66. The van der Waals surface area contributed by atoms with E-state index in [4.69, 9.17) is 9.47 Å². The number of ether oxygens (including phenoxy) is 2. The van der Waals surface area contributed by atoms with Crippen LogP contribution in [0, 0.1) is 0 Å². The molecule has 0 saturated heterocycles. The monoisotopic (exact) mass is 413 g/mol. The second kappa shape index (κ2) is 13.4. The summed E-state index contributed by atoms with van der Waals surface area (Å²) in [5.74, 6) is 2.24. The molecule has 2 N–H and O–H groups in total. The molecule has 0 amide bonds. The number of likely N-dealkylation sites (N-methyl/N-ethyl adjacent to an activating group) is 1. The number of methoxy groups -OCH3 is 1. The van der Waals surface area contributed by atoms with Crippen molar-refractivity contribution in [3.63, 3.8) is 0 Å². The van der Waals surface area contributed by atoms with Crippen LogP contribution >= 0.6 is 0 Å². The third-order valence-corrected chi connectivity index (χ3v) is 4.71. The predicted octanol–water partition coefficient (Wildman–Crippen LogP) is 3.07. The Hall–Kier alpha value is -2.80. The minimum Gasteiger partial charge on any atom is -0.493 e. The van der Waals surface area contributed by atoms with Crippen LogP contribution in [0.1, 0.15) is 32.0 Å². The first-order valence-corrected chi connectivity index (χ1v) is 10.6. The number of hydrogen-bond acceptors (Lipinski definition) is 5. The fraction of sp³-hybridized carbons (Fsp3) is 0.478. The third kappa shape index (κ3) is 7.91. The van der Waals surface area contributed by atoms with Gasteiger partial charge in [-0.05, 0) is 49.8 Å². The Morgan fingerprint density at radius 2 is 1.90 bits per heavy atom. The molecule has 0 aliphatic heterocycles. The third-order valence-electron chi connectivity index (χ3n) is 4.71. The molecular formula is C23H35N5O2. The van der Waals surface area contributed by atoms with Gasteiger partial charge in [-0.3, -0.25) is 4.98 Å². The van der Waals surface area contributed by atoms with Gasteiger partial charge in [0.25, 0.3) is 0 Å². The van der Waals surface area contributed by atoms with Crippen LogP contribution in [0.25, 0.3) is 0 Å². The van der Waals surface area contributed by atoms with E-state index in [1.54, 1.807) is 13.3 Å². The first-order valence-electron chi connectivity index (χ1n) is 10.6. The summed E-state index contributed by atoms with van der Waals surface area (Å²) in [4.78, 5) is 11.3. The molecule has 164 valence electrons. The Morgan fingerprint density at radius 3 is 2.57 bits per heavy atom. The summed E-state index contributed by atoms with van der Waals surface area (Å²) in [6.45, 7) is 11.9. The zero-order valence-electron chi connectivity index (χ0n) is 18.6. The van der Waals surface area contributed by atoms with Crippen molar-refractivity contribution in [2.24, 2.45) is 4.99 Å². The Morgan fingerprint density at radius 1 is 1.07 bits per heavy atom.